The lowest BCUT2D eigenvalue weighted by atomic mass is 9.92. The number of benzene rings is 3. The first-order chi connectivity index (χ1) is 17.9. The van der Waals surface area contributed by atoms with Gasteiger partial charge in [-0.1, -0.05) is 58.3 Å². The molecule has 2 heterocycles. The Morgan fingerprint density at radius 2 is 1.73 bits per heavy atom. The molecule has 1 saturated carbocycles. The SMILES string of the molecule is C[SH+](=O)N1CCN(C(=O)c2cccc(CN3C(=O)C4(CC4c4ccc(Cl)cc4)c4ccccc43)c2)CC1. The molecule has 2 aliphatic heterocycles. The number of amides is 2. The zero-order chi connectivity index (χ0) is 25.7. The Hall–Kier alpha value is -3.00. The second kappa shape index (κ2) is 9.39. The van der Waals surface area contributed by atoms with Crippen molar-refractivity contribution in [1.82, 2.24) is 9.21 Å². The second-order valence-corrected chi connectivity index (χ2v) is 12.0. The van der Waals surface area contributed by atoms with Crippen LogP contribution in [0.15, 0.2) is 72.8 Å². The van der Waals surface area contributed by atoms with Crippen LogP contribution in [0.2, 0.25) is 5.02 Å². The zero-order valence-corrected chi connectivity index (χ0v) is 22.3. The van der Waals surface area contributed by atoms with E-state index in [1.807, 2.05) is 80.8 Å². The van der Waals surface area contributed by atoms with Gasteiger partial charge in [-0.05, 0) is 53.4 Å². The van der Waals surface area contributed by atoms with E-state index < -0.39 is 16.4 Å². The van der Waals surface area contributed by atoms with Crippen LogP contribution in [0, 0.1) is 0 Å². The first-order valence-electron chi connectivity index (χ1n) is 12.6. The minimum atomic E-state index is -1.37. The van der Waals surface area contributed by atoms with Gasteiger partial charge in [-0.3, -0.25) is 9.59 Å². The van der Waals surface area contributed by atoms with Gasteiger partial charge in [0.1, 0.15) is 17.2 Å². The van der Waals surface area contributed by atoms with E-state index in [1.165, 1.54) is 0 Å². The molecule has 6 nitrogen and oxygen atoms in total. The topological polar surface area (TPSA) is 60.9 Å². The molecule has 0 bridgehead atoms. The molecule has 3 unspecified atom stereocenters. The molecule has 3 aromatic carbocycles. The molecule has 3 atom stereocenters. The molecule has 3 aliphatic rings. The Bertz CT molecular complexity index is 1400. The Kier molecular flexibility index (Phi) is 6.18. The van der Waals surface area contributed by atoms with Crippen molar-refractivity contribution in [3.63, 3.8) is 0 Å². The number of carbonyl (C=O) groups excluding carboxylic acids is 2. The van der Waals surface area contributed by atoms with E-state index in [0.29, 0.717) is 43.3 Å². The smallest absolute Gasteiger partial charge is 0.253 e. The Morgan fingerprint density at radius 3 is 2.46 bits per heavy atom. The molecule has 37 heavy (non-hydrogen) atoms. The first kappa shape index (κ1) is 24.3. The van der Waals surface area contributed by atoms with Gasteiger partial charge in [0.25, 0.3) is 5.91 Å². The summed E-state index contributed by atoms with van der Waals surface area (Å²) in [6, 6.07) is 23.5. The number of thiol groups is 1. The van der Waals surface area contributed by atoms with E-state index in [1.54, 1.807) is 6.26 Å². The molecule has 0 N–H and O–H groups in total. The van der Waals surface area contributed by atoms with Crippen LogP contribution >= 0.6 is 11.6 Å². The molecule has 3 aromatic rings. The van der Waals surface area contributed by atoms with Crippen LogP contribution in [0.1, 0.15) is 39.4 Å². The highest BCUT2D eigenvalue weighted by Gasteiger charge is 2.67. The number of nitrogens with zero attached hydrogens (tertiary/aromatic N) is 3. The predicted octanol–water partition coefficient (Wildman–Crippen LogP) is 4.31. The lowest BCUT2D eigenvalue weighted by molar-refractivity contribution is -0.120. The standard InChI is InChI=1S/C29H28ClN3O3S/c1-37(36)32-15-13-31(14-16-32)27(34)22-6-4-5-20(17-22)19-33-26-8-3-2-7-24(26)29(28(33)35)18-25(29)21-9-11-23(30)12-10-21/h2-12,17,25H,13-16,18-19H2,1H3/p+1. The Morgan fingerprint density at radius 1 is 1.00 bits per heavy atom. The molecule has 8 heteroatoms. The highest BCUT2D eigenvalue weighted by Crippen LogP contribution is 2.66. The van der Waals surface area contributed by atoms with Crippen molar-refractivity contribution in [2.75, 3.05) is 37.3 Å². The molecule has 2 amide bonds. The lowest BCUT2D eigenvalue weighted by Gasteiger charge is -2.30. The molecular weight excluding hydrogens is 506 g/mol. The number of hydrogen-bond donors (Lipinski definition) is 0. The lowest BCUT2D eigenvalue weighted by Crippen LogP contribution is -2.48. The molecule has 0 radical (unpaired) electrons. The maximum Gasteiger partial charge on any atom is 0.253 e. The van der Waals surface area contributed by atoms with Crippen molar-refractivity contribution in [1.29, 1.82) is 0 Å². The number of anilines is 1. The minimum Gasteiger partial charge on any atom is -0.336 e. The van der Waals surface area contributed by atoms with Gasteiger partial charge in [-0.25, -0.2) is 0 Å². The van der Waals surface area contributed by atoms with E-state index >= 15 is 0 Å². The van der Waals surface area contributed by atoms with Crippen molar-refractivity contribution < 1.29 is 13.8 Å². The van der Waals surface area contributed by atoms with E-state index in [-0.39, 0.29) is 17.7 Å². The number of para-hydroxylation sites is 1. The van der Waals surface area contributed by atoms with Crippen molar-refractivity contribution in [2.45, 2.75) is 24.3 Å². The summed E-state index contributed by atoms with van der Waals surface area (Å²) >= 11 is 6.10. The van der Waals surface area contributed by atoms with Crippen LogP contribution in [0.5, 0.6) is 0 Å². The van der Waals surface area contributed by atoms with Crippen LogP contribution in [0.3, 0.4) is 0 Å². The van der Waals surface area contributed by atoms with Crippen LogP contribution in [0.4, 0.5) is 5.69 Å². The number of piperazine rings is 1. The summed E-state index contributed by atoms with van der Waals surface area (Å²) in [5.41, 5.74) is 4.18. The third-order valence-electron chi connectivity index (χ3n) is 7.99. The van der Waals surface area contributed by atoms with Crippen LogP contribution in [-0.2, 0) is 31.9 Å². The van der Waals surface area contributed by atoms with Crippen molar-refractivity contribution in [3.05, 3.63) is 100 Å². The average molecular weight is 535 g/mol. The molecule has 1 saturated heterocycles. The summed E-state index contributed by atoms with van der Waals surface area (Å²) in [4.78, 5) is 30.9. The van der Waals surface area contributed by atoms with Gasteiger partial charge < -0.3 is 9.80 Å². The van der Waals surface area contributed by atoms with Crippen molar-refractivity contribution in [3.8, 4) is 0 Å². The van der Waals surface area contributed by atoms with E-state index in [0.717, 1.165) is 28.8 Å². The van der Waals surface area contributed by atoms with E-state index in [2.05, 4.69) is 6.07 Å². The van der Waals surface area contributed by atoms with Gasteiger partial charge in [0.15, 0.2) is 0 Å². The largest absolute Gasteiger partial charge is 0.336 e. The predicted molar refractivity (Wildman–Crippen MR) is 147 cm³/mol. The van der Waals surface area contributed by atoms with Gasteiger partial charge in [0, 0.05) is 35.3 Å². The normalized spacial score (nSPS) is 23.8. The first-order valence-corrected chi connectivity index (χ1v) is 14.6. The zero-order valence-electron chi connectivity index (χ0n) is 20.6. The minimum absolute atomic E-state index is 0.0255. The monoisotopic (exact) mass is 534 g/mol. The fraction of sp³-hybridized carbons (Fsp3) is 0.310. The number of carbonyl (C=O) groups is 2. The number of hydrogen-bond acceptors (Lipinski definition) is 3. The highest BCUT2D eigenvalue weighted by atomic mass is 35.5. The van der Waals surface area contributed by atoms with E-state index in [4.69, 9.17) is 11.6 Å². The van der Waals surface area contributed by atoms with Crippen LogP contribution in [0.25, 0.3) is 0 Å². The maximum atomic E-state index is 13.9. The average Bonchev–Trinajstić information content (AvgIpc) is 3.63. The molecule has 2 fully saturated rings. The third kappa shape index (κ3) is 4.19. The fourth-order valence-corrected chi connectivity index (χ4v) is 6.82. The van der Waals surface area contributed by atoms with Crippen LogP contribution < -0.4 is 4.90 Å². The number of fused-ring (bicyclic) bond motifs is 2. The molecule has 0 aromatic heterocycles. The fourth-order valence-electron chi connectivity index (χ4n) is 5.95. The Labute approximate surface area is 224 Å². The number of halogens is 1. The third-order valence-corrected chi connectivity index (χ3v) is 9.44. The summed E-state index contributed by atoms with van der Waals surface area (Å²) in [6.07, 6.45) is 2.49. The maximum absolute atomic E-state index is 13.9. The molecule has 190 valence electrons. The summed E-state index contributed by atoms with van der Waals surface area (Å²) in [6.45, 7) is 2.77. The quantitative estimate of drug-likeness (QED) is 0.362. The van der Waals surface area contributed by atoms with Crippen molar-refractivity contribution >= 4 is 40.1 Å². The second-order valence-electron chi connectivity index (χ2n) is 10.1. The summed E-state index contributed by atoms with van der Waals surface area (Å²) < 4.78 is 13.7. The van der Waals surface area contributed by atoms with Crippen LogP contribution in [-0.4, -0.2) is 53.5 Å². The Balaban J connectivity index is 1.23. The highest BCUT2D eigenvalue weighted by molar-refractivity contribution is 7.81. The van der Waals surface area contributed by atoms with Gasteiger partial charge in [0.05, 0.1) is 25.0 Å². The van der Waals surface area contributed by atoms with Gasteiger partial charge in [-0.15, -0.1) is 4.31 Å². The van der Waals surface area contributed by atoms with Gasteiger partial charge >= 0.3 is 0 Å². The van der Waals surface area contributed by atoms with E-state index in [9.17, 15) is 13.8 Å². The van der Waals surface area contributed by atoms with Crippen molar-refractivity contribution in [2.24, 2.45) is 0 Å². The van der Waals surface area contributed by atoms with Gasteiger partial charge in [-0.2, -0.15) is 0 Å². The van der Waals surface area contributed by atoms with Gasteiger partial charge in [0.2, 0.25) is 5.91 Å². The molecule has 1 aliphatic carbocycles. The summed E-state index contributed by atoms with van der Waals surface area (Å²) in [7, 11) is -1.37. The summed E-state index contributed by atoms with van der Waals surface area (Å²) in [5, 5.41) is 0.690. The molecular formula is C29H29ClN3O3S+. The number of rotatable bonds is 5. The molecule has 1 spiro atoms. The summed E-state index contributed by atoms with van der Waals surface area (Å²) in [5.74, 6) is 0.228. The molecule has 6 rings (SSSR count).